The summed E-state index contributed by atoms with van der Waals surface area (Å²) in [5.41, 5.74) is 0. The van der Waals surface area contributed by atoms with Crippen LogP contribution in [-0.2, 0) is 19.1 Å². The Balaban J connectivity index is 3.42. The largest absolute Gasteiger partial charge is 0.346 e. The molecule has 0 radical (unpaired) electrons. The molecule has 27 heavy (non-hydrogen) atoms. The van der Waals surface area contributed by atoms with E-state index in [1.165, 1.54) is 51.4 Å². The van der Waals surface area contributed by atoms with Crippen LogP contribution in [0.25, 0.3) is 0 Å². The average Bonchev–Trinajstić information content (AvgIpc) is 2.63. The third-order valence-electron chi connectivity index (χ3n) is 4.46. The molecule has 160 valence electrons. The zero-order valence-corrected chi connectivity index (χ0v) is 18.3. The molecule has 1 N–H and O–H groups in total. The predicted molar refractivity (Wildman–Crippen MR) is 113 cm³/mol. The van der Waals surface area contributed by atoms with Crippen LogP contribution in [-0.4, -0.2) is 33.7 Å². The van der Waals surface area contributed by atoms with Crippen molar-refractivity contribution in [2.24, 2.45) is 0 Å². The van der Waals surface area contributed by atoms with Crippen molar-refractivity contribution in [1.29, 1.82) is 0 Å². The summed E-state index contributed by atoms with van der Waals surface area (Å²) in [4.78, 5) is 11.5. The highest BCUT2D eigenvalue weighted by Gasteiger charge is 2.15. The van der Waals surface area contributed by atoms with Crippen LogP contribution < -0.4 is 5.32 Å². The van der Waals surface area contributed by atoms with Crippen molar-refractivity contribution >= 4 is 16.1 Å². The first kappa shape index (κ1) is 26.1. The summed E-state index contributed by atoms with van der Waals surface area (Å²) in [5, 5.41) is 2.72. The lowest BCUT2D eigenvalue weighted by Crippen LogP contribution is -2.23. The van der Waals surface area contributed by atoms with Gasteiger partial charge in [0.1, 0.15) is 0 Å². The molecule has 0 heterocycles. The van der Waals surface area contributed by atoms with E-state index >= 15 is 0 Å². The first-order chi connectivity index (χ1) is 13.0. The van der Waals surface area contributed by atoms with E-state index in [0.717, 1.165) is 25.7 Å². The van der Waals surface area contributed by atoms with E-state index in [1.807, 2.05) is 0 Å². The van der Waals surface area contributed by atoms with Gasteiger partial charge in [-0.15, -0.1) is 0 Å². The van der Waals surface area contributed by atoms with Crippen LogP contribution >= 0.6 is 0 Å². The van der Waals surface area contributed by atoms with Crippen LogP contribution in [0.3, 0.4) is 0 Å². The van der Waals surface area contributed by atoms with Gasteiger partial charge in [0.2, 0.25) is 0 Å². The Labute approximate surface area is 167 Å². The monoisotopic (exact) mass is 403 g/mol. The van der Waals surface area contributed by atoms with Crippen LogP contribution in [0, 0.1) is 0 Å². The van der Waals surface area contributed by atoms with Gasteiger partial charge in [-0.1, -0.05) is 70.4 Å². The van der Waals surface area contributed by atoms with Crippen LogP contribution in [0.5, 0.6) is 0 Å². The molecule has 0 fully saturated rings. The minimum Gasteiger partial charge on any atom is -0.346 e. The number of rotatable bonds is 19. The molecule has 0 saturated heterocycles. The fraction of sp³-hybridized carbons (Fsp3) is 0.857. The molecule has 0 saturated carbocycles. The van der Waals surface area contributed by atoms with E-state index in [-0.39, 0.29) is 18.7 Å². The quantitative estimate of drug-likeness (QED) is 0.184. The Morgan fingerprint density at radius 1 is 0.852 bits per heavy atom. The maximum Gasteiger partial charge on any atom is 0.322 e. The molecule has 0 spiro atoms. The van der Waals surface area contributed by atoms with E-state index in [2.05, 4.69) is 28.6 Å². The third kappa shape index (κ3) is 19.7. The van der Waals surface area contributed by atoms with E-state index < -0.39 is 16.1 Å². The van der Waals surface area contributed by atoms with Crippen molar-refractivity contribution in [2.45, 2.75) is 96.8 Å². The van der Waals surface area contributed by atoms with Crippen molar-refractivity contribution in [2.75, 3.05) is 19.3 Å². The van der Waals surface area contributed by atoms with Gasteiger partial charge in [-0.05, 0) is 39.2 Å². The molecule has 0 unspecified atom stereocenters. The van der Waals surface area contributed by atoms with E-state index in [1.54, 1.807) is 7.05 Å². The van der Waals surface area contributed by atoms with E-state index in [0.29, 0.717) is 6.42 Å². The molecule has 0 aromatic carbocycles. The first-order valence-corrected chi connectivity index (χ1v) is 12.3. The topological polar surface area (TPSA) is 72.5 Å². The fourth-order valence-electron chi connectivity index (χ4n) is 2.79. The summed E-state index contributed by atoms with van der Waals surface area (Å²) in [6.45, 7) is 2.53. The normalized spacial score (nSPS) is 11.9. The minimum atomic E-state index is -3.73. The molecule has 0 amide bonds. The highest BCUT2D eigenvalue weighted by Crippen LogP contribution is 2.10. The van der Waals surface area contributed by atoms with Gasteiger partial charge < -0.3 is 9.50 Å². The number of hydrogen-bond donors (Lipinski definition) is 1. The maximum absolute atomic E-state index is 11.5. The lowest BCUT2D eigenvalue weighted by Gasteiger charge is -2.05. The minimum absolute atomic E-state index is 0.178. The molecule has 0 aliphatic heterocycles. The lowest BCUT2D eigenvalue weighted by atomic mass is 10.1. The molecular weight excluding hydrogens is 362 g/mol. The fourth-order valence-corrected chi connectivity index (χ4v) is 3.70. The van der Waals surface area contributed by atoms with Crippen LogP contribution in [0.4, 0.5) is 0 Å². The molecule has 0 aliphatic carbocycles. The van der Waals surface area contributed by atoms with E-state index in [9.17, 15) is 13.2 Å². The summed E-state index contributed by atoms with van der Waals surface area (Å²) < 4.78 is 27.5. The summed E-state index contributed by atoms with van der Waals surface area (Å²) >= 11 is 0. The van der Waals surface area contributed by atoms with Crippen molar-refractivity contribution in [3.05, 3.63) is 12.2 Å². The van der Waals surface area contributed by atoms with Gasteiger partial charge in [0.05, 0.1) is 5.75 Å². The second-order valence-electron chi connectivity index (χ2n) is 7.15. The van der Waals surface area contributed by atoms with Gasteiger partial charge in [-0.3, -0.25) is 4.79 Å². The molecule has 0 atom stereocenters. The number of carbonyl (C=O) groups excluding carboxylic acids is 1. The molecule has 5 nitrogen and oxygen atoms in total. The predicted octanol–water partition coefficient (Wildman–Crippen LogP) is 5.12. The SMILES string of the molecule is CCCCCCCC/C=C\CCCCCCCC(=O)OS(=O)(=O)CCNC. The van der Waals surface area contributed by atoms with Crippen molar-refractivity contribution in [3.8, 4) is 0 Å². The van der Waals surface area contributed by atoms with Gasteiger partial charge in [0, 0.05) is 13.0 Å². The molecular formula is C21H41NO4S. The molecule has 0 aliphatic rings. The van der Waals surface area contributed by atoms with Crippen LogP contribution in [0.15, 0.2) is 12.2 Å². The molecule has 0 bridgehead atoms. The Hall–Kier alpha value is -0.880. The highest BCUT2D eigenvalue weighted by atomic mass is 32.2. The molecule has 0 aromatic rings. The maximum atomic E-state index is 11.5. The standard InChI is InChI=1S/C21H41NO4S/c1-3-4-5-6-7-8-9-10-11-12-13-14-15-16-17-18-21(23)26-27(24,25)20-19-22-2/h10-11,22H,3-9,12-20H2,1-2H3/b11-10-. The zero-order chi connectivity index (χ0) is 20.2. The van der Waals surface area contributed by atoms with Crippen LogP contribution in [0.2, 0.25) is 0 Å². The third-order valence-corrected chi connectivity index (χ3v) is 5.61. The Kier molecular flexibility index (Phi) is 17.9. The number of carbonyl (C=O) groups is 1. The van der Waals surface area contributed by atoms with Gasteiger partial charge >= 0.3 is 16.1 Å². The van der Waals surface area contributed by atoms with Crippen LogP contribution in [0.1, 0.15) is 96.8 Å². The Bertz CT molecular complexity index is 475. The number of allylic oxidation sites excluding steroid dienone is 2. The number of unbranched alkanes of at least 4 members (excludes halogenated alkanes) is 11. The first-order valence-electron chi connectivity index (χ1n) is 10.8. The second-order valence-corrected chi connectivity index (χ2v) is 8.85. The van der Waals surface area contributed by atoms with Crippen molar-refractivity contribution < 1.29 is 17.4 Å². The molecule has 6 heteroatoms. The van der Waals surface area contributed by atoms with Gasteiger partial charge in [0.15, 0.2) is 0 Å². The summed E-state index contributed by atoms with van der Waals surface area (Å²) in [5.74, 6) is -0.814. The van der Waals surface area contributed by atoms with E-state index in [4.69, 9.17) is 0 Å². The zero-order valence-electron chi connectivity index (χ0n) is 17.5. The van der Waals surface area contributed by atoms with Crippen molar-refractivity contribution in [1.82, 2.24) is 5.32 Å². The smallest absolute Gasteiger partial charge is 0.322 e. The summed E-state index contributed by atoms with van der Waals surface area (Å²) in [7, 11) is -2.08. The van der Waals surface area contributed by atoms with Gasteiger partial charge in [0.25, 0.3) is 0 Å². The molecule has 0 aromatic heterocycles. The molecule has 0 rings (SSSR count). The average molecular weight is 404 g/mol. The number of nitrogens with one attached hydrogen (secondary N) is 1. The number of hydrogen-bond acceptors (Lipinski definition) is 5. The highest BCUT2D eigenvalue weighted by molar-refractivity contribution is 7.87. The lowest BCUT2D eigenvalue weighted by molar-refractivity contribution is -0.133. The summed E-state index contributed by atoms with van der Waals surface area (Å²) in [6, 6.07) is 0. The van der Waals surface area contributed by atoms with Crippen molar-refractivity contribution in [3.63, 3.8) is 0 Å². The Morgan fingerprint density at radius 3 is 1.93 bits per heavy atom. The summed E-state index contributed by atoms with van der Waals surface area (Å²) in [6.07, 6.45) is 20.2. The van der Waals surface area contributed by atoms with Gasteiger partial charge in [-0.2, -0.15) is 8.42 Å². The second kappa shape index (κ2) is 18.5. The van der Waals surface area contributed by atoms with Gasteiger partial charge in [-0.25, -0.2) is 0 Å². The Morgan fingerprint density at radius 2 is 1.37 bits per heavy atom.